The van der Waals surface area contributed by atoms with Crippen molar-refractivity contribution >= 4 is 27.0 Å². The Labute approximate surface area is 412 Å². The first-order chi connectivity index (χ1) is 31.8. The van der Waals surface area contributed by atoms with Gasteiger partial charge < -0.3 is 10.2 Å². The van der Waals surface area contributed by atoms with E-state index in [9.17, 15) is 10.2 Å². The predicted octanol–water partition coefficient (Wildman–Crippen LogP) is 16.7. The molecule has 0 heterocycles. The zero-order valence-corrected chi connectivity index (χ0v) is 44.4. The van der Waals surface area contributed by atoms with Gasteiger partial charge >= 0.3 is 41.9 Å². The van der Waals surface area contributed by atoms with Crippen molar-refractivity contribution < 1.29 is 33.5 Å². The number of aryl methyl sites for hydroxylation is 6. The van der Waals surface area contributed by atoms with E-state index in [1.54, 1.807) is 34.5 Å². The second-order valence-corrected chi connectivity index (χ2v) is 28.4. The molecule has 340 valence electrons. The van der Waals surface area contributed by atoms with Crippen LogP contribution in [0, 0.1) is 41.5 Å². The van der Waals surface area contributed by atoms with Crippen molar-refractivity contribution in [1.29, 1.82) is 0 Å². The minimum atomic E-state index is 0.172. The molecule has 0 aromatic heterocycles. The Bertz CT molecular complexity index is 2540. The number of fused-ring (bicyclic) bond motifs is 2. The van der Waals surface area contributed by atoms with Gasteiger partial charge in [-0.1, -0.05) is 180 Å². The molecule has 0 aliphatic heterocycles. The van der Waals surface area contributed by atoms with Crippen LogP contribution in [0.25, 0.3) is 43.8 Å². The molecule has 66 heavy (non-hydrogen) atoms. The number of rotatable bonds is 4. The van der Waals surface area contributed by atoms with Crippen LogP contribution in [0.3, 0.4) is 0 Å². The third kappa shape index (κ3) is 14.1. The van der Waals surface area contributed by atoms with Crippen LogP contribution >= 0.6 is 0 Å². The van der Waals surface area contributed by atoms with Gasteiger partial charge in [0.25, 0.3) is 0 Å². The molecular formula is C62H70O2SiZr-2. The molecule has 8 aromatic rings. The van der Waals surface area contributed by atoms with Crippen LogP contribution in [0.15, 0.2) is 146 Å². The number of hydrogen-bond acceptors (Lipinski definition) is 2. The van der Waals surface area contributed by atoms with Gasteiger partial charge in [0.1, 0.15) is 0 Å². The van der Waals surface area contributed by atoms with E-state index in [-0.39, 0.29) is 16.9 Å². The summed E-state index contributed by atoms with van der Waals surface area (Å²) in [5.74, 6) is 1.92. The molecule has 2 nitrogen and oxygen atoms in total. The molecule has 0 saturated heterocycles. The van der Waals surface area contributed by atoms with Crippen molar-refractivity contribution in [2.45, 2.75) is 131 Å². The number of hydrogen-bond donors (Lipinski definition) is 0. The van der Waals surface area contributed by atoms with Crippen molar-refractivity contribution in [3.05, 3.63) is 190 Å². The monoisotopic (exact) mass is 964 g/mol. The van der Waals surface area contributed by atoms with E-state index in [0.717, 1.165) is 45.2 Å². The molecule has 10 rings (SSSR count). The number of benzene rings is 6. The minimum absolute atomic E-state index is 0.172. The van der Waals surface area contributed by atoms with Crippen molar-refractivity contribution in [3.8, 4) is 33.8 Å². The van der Waals surface area contributed by atoms with E-state index in [0.29, 0.717) is 0 Å². The summed E-state index contributed by atoms with van der Waals surface area (Å²) < 4.78 is 0. The molecule has 2 aliphatic carbocycles. The molecule has 2 aliphatic rings. The molecule has 2 saturated carbocycles. The van der Waals surface area contributed by atoms with E-state index in [1.165, 1.54) is 108 Å². The van der Waals surface area contributed by atoms with E-state index in [4.69, 9.17) is 0 Å². The Balaban J connectivity index is 0.000000149. The summed E-state index contributed by atoms with van der Waals surface area (Å²) in [5, 5.41) is 27.9. The van der Waals surface area contributed by atoms with Crippen molar-refractivity contribution in [2.75, 3.05) is 0 Å². The molecule has 0 unspecified atom stereocenters. The summed E-state index contributed by atoms with van der Waals surface area (Å²) in [6.07, 6.45) is 13.9. The summed E-state index contributed by atoms with van der Waals surface area (Å²) in [5.41, 5.74) is 14.4. The van der Waals surface area contributed by atoms with Gasteiger partial charge in [0.2, 0.25) is 0 Å². The molecule has 0 atom stereocenters. The van der Waals surface area contributed by atoms with Gasteiger partial charge in [0, 0.05) is 0 Å². The molecule has 4 heteroatoms. The Kier molecular flexibility index (Phi) is 19.1. The molecule has 0 amide bonds. The van der Waals surface area contributed by atoms with Gasteiger partial charge in [-0.3, -0.25) is 0 Å². The van der Waals surface area contributed by atoms with Crippen LogP contribution in [-0.2, 0) is 23.3 Å². The van der Waals surface area contributed by atoms with Crippen LogP contribution in [0.2, 0.25) is 13.1 Å². The molecule has 0 N–H and O–H groups in total. The van der Waals surface area contributed by atoms with E-state index >= 15 is 0 Å². The van der Waals surface area contributed by atoms with Crippen molar-refractivity contribution in [3.63, 3.8) is 0 Å². The summed E-state index contributed by atoms with van der Waals surface area (Å²) >= 11 is 1.74. The molecule has 0 spiro atoms. The van der Waals surface area contributed by atoms with Gasteiger partial charge in [-0.05, 0) is 90.2 Å². The Morgan fingerprint density at radius 1 is 0.439 bits per heavy atom. The SMILES string of the molecule is C[Si](C)=[Zr+2].Cc1cc(C)c([O-])c(C)c1.Cc1cc(C)c([O-])c(C)c1.c1ccc(-c2cccc3[cH-]c(C4CCCCC4)cc23)cc1.c1ccc(-c2cccc3[cH-]c(C4CCCCC4)cc23)cc1. The summed E-state index contributed by atoms with van der Waals surface area (Å²) in [6.45, 7) is 16.0. The first-order valence-electron chi connectivity index (χ1n) is 24.3. The van der Waals surface area contributed by atoms with Gasteiger partial charge in [-0.2, -0.15) is 12.1 Å². The Morgan fingerprint density at radius 2 is 0.758 bits per heavy atom. The summed E-state index contributed by atoms with van der Waals surface area (Å²) in [7, 11) is 0. The van der Waals surface area contributed by atoms with Crippen LogP contribution in [0.1, 0.15) is 121 Å². The quantitative estimate of drug-likeness (QED) is 0.130. The average molecular weight is 967 g/mol. The molecule has 0 radical (unpaired) electrons. The Hall–Kier alpha value is -4.76. The molecular weight excluding hydrogens is 896 g/mol. The van der Waals surface area contributed by atoms with E-state index < -0.39 is 0 Å². The van der Waals surface area contributed by atoms with Crippen LogP contribution in [-0.4, -0.2) is 5.43 Å². The fraction of sp³-hybridized carbons (Fsp3) is 0.323. The van der Waals surface area contributed by atoms with E-state index in [2.05, 4.69) is 134 Å². The smallest absolute Gasteiger partial charge is 0.0279 e. The third-order valence-corrected chi connectivity index (χ3v) is 13.1. The standard InChI is InChI=1S/2C21H21.2C9H12O.C2H6Si.Zr/c2*1-3-8-16(9-4-1)19-14-18-12-7-13-20(21(18)15-19)17-10-5-2-6-11-17;2*1-6-4-7(2)9(10)8(3)5-6;1-3-2;/h2*2,5-7,10-16H,1,3-4,8-9H2;2*4-5,10H,1-3H3;1-2H3;/q2*-1;;;;+2/p-2. The predicted molar refractivity (Wildman–Crippen MR) is 279 cm³/mol. The summed E-state index contributed by atoms with van der Waals surface area (Å²) in [6, 6.07) is 52.3. The molecule has 8 aromatic carbocycles. The van der Waals surface area contributed by atoms with Gasteiger partial charge in [0.15, 0.2) is 0 Å². The minimum Gasteiger partial charge on any atom is -0.872 e. The normalized spacial score (nSPS) is 13.8. The molecule has 0 bridgehead atoms. The zero-order chi connectivity index (χ0) is 47.2. The maximum absolute atomic E-state index is 11.1. The van der Waals surface area contributed by atoms with Gasteiger partial charge in [0.05, 0.1) is 0 Å². The van der Waals surface area contributed by atoms with Crippen molar-refractivity contribution in [1.82, 2.24) is 0 Å². The topological polar surface area (TPSA) is 46.1 Å². The second-order valence-electron chi connectivity index (χ2n) is 19.1. The van der Waals surface area contributed by atoms with Crippen LogP contribution in [0.5, 0.6) is 11.5 Å². The second kappa shape index (κ2) is 24.8. The first kappa shape index (κ1) is 50.6. The maximum Gasteiger partial charge on any atom is -0.0279 e. The molecule has 2 fully saturated rings. The third-order valence-electron chi connectivity index (χ3n) is 13.1. The average Bonchev–Trinajstić information content (AvgIpc) is 3.97. The zero-order valence-electron chi connectivity index (χ0n) is 40.9. The fourth-order valence-corrected chi connectivity index (χ4v) is 9.93. The van der Waals surface area contributed by atoms with Crippen LogP contribution in [0.4, 0.5) is 0 Å². The maximum atomic E-state index is 11.1. The summed E-state index contributed by atoms with van der Waals surface area (Å²) in [4.78, 5) is 0. The van der Waals surface area contributed by atoms with Crippen LogP contribution < -0.4 is 10.2 Å². The Morgan fingerprint density at radius 3 is 1.08 bits per heavy atom. The van der Waals surface area contributed by atoms with Gasteiger partial charge in [-0.25, -0.2) is 0 Å². The first-order valence-corrected chi connectivity index (χ1v) is 30.5. The van der Waals surface area contributed by atoms with E-state index in [1.807, 2.05) is 65.8 Å². The van der Waals surface area contributed by atoms with Gasteiger partial charge in [-0.15, -0.1) is 80.6 Å². The fourth-order valence-electron chi connectivity index (χ4n) is 9.93. The van der Waals surface area contributed by atoms with Crippen molar-refractivity contribution in [2.24, 2.45) is 0 Å². The largest absolute Gasteiger partial charge is 0.872 e.